The van der Waals surface area contributed by atoms with E-state index in [2.05, 4.69) is 10.3 Å². The Morgan fingerprint density at radius 3 is 2.42 bits per heavy atom. The minimum atomic E-state index is -0.632. The second kappa shape index (κ2) is 9.64. The van der Waals surface area contributed by atoms with E-state index in [1.165, 1.54) is 4.57 Å². The number of pyridine rings is 2. The van der Waals surface area contributed by atoms with Crippen molar-refractivity contribution in [2.45, 2.75) is 19.0 Å². The highest BCUT2D eigenvalue weighted by molar-refractivity contribution is 6.04. The molecule has 0 fully saturated rings. The standard InChI is InChI=1S/C29H25N3O4/c1-32-23-9-5-4-8-21(23)28(35)27(29(32)36)25(34)16-22(31-17-18-12-14-30-15-13-18)26-20-7-3-2-6-19(20)10-11-24(26)33/h2-15,22,31,33,35H,16-17H2,1H3/t22-/m1/s1. The summed E-state index contributed by atoms with van der Waals surface area (Å²) in [5.41, 5.74) is 1.23. The Morgan fingerprint density at radius 2 is 1.64 bits per heavy atom. The van der Waals surface area contributed by atoms with Crippen molar-refractivity contribution in [3.8, 4) is 11.5 Å². The lowest BCUT2D eigenvalue weighted by molar-refractivity contribution is 0.0964. The molecule has 0 unspecified atom stereocenters. The molecule has 0 amide bonds. The maximum Gasteiger partial charge on any atom is 0.265 e. The summed E-state index contributed by atoms with van der Waals surface area (Å²) in [7, 11) is 1.58. The molecule has 180 valence electrons. The second-order valence-corrected chi connectivity index (χ2v) is 8.74. The molecule has 0 saturated carbocycles. The molecule has 2 aromatic heterocycles. The van der Waals surface area contributed by atoms with Crippen LogP contribution in [0.15, 0.2) is 90.0 Å². The predicted octanol–water partition coefficient (Wildman–Crippen LogP) is 4.60. The molecule has 0 radical (unpaired) electrons. The number of carbonyl (C=O) groups is 1. The largest absolute Gasteiger partial charge is 0.508 e. The summed E-state index contributed by atoms with van der Waals surface area (Å²) in [5.74, 6) is -0.795. The monoisotopic (exact) mass is 479 g/mol. The number of benzene rings is 3. The summed E-state index contributed by atoms with van der Waals surface area (Å²) >= 11 is 0. The Hall–Kier alpha value is -4.49. The number of nitrogens with one attached hydrogen (secondary N) is 1. The van der Waals surface area contributed by atoms with Gasteiger partial charge in [0.25, 0.3) is 5.56 Å². The molecular formula is C29H25N3O4. The molecule has 5 aromatic rings. The number of carbonyl (C=O) groups excluding carboxylic acids is 1. The van der Waals surface area contributed by atoms with Crippen LogP contribution >= 0.6 is 0 Å². The van der Waals surface area contributed by atoms with Crippen LogP contribution in [0.1, 0.15) is 33.9 Å². The Morgan fingerprint density at radius 1 is 0.944 bits per heavy atom. The lowest BCUT2D eigenvalue weighted by Gasteiger charge is -2.22. The predicted molar refractivity (Wildman–Crippen MR) is 139 cm³/mol. The third kappa shape index (κ3) is 4.21. The van der Waals surface area contributed by atoms with Crippen molar-refractivity contribution < 1.29 is 15.0 Å². The van der Waals surface area contributed by atoms with Crippen molar-refractivity contribution in [3.05, 3.63) is 112 Å². The third-order valence-corrected chi connectivity index (χ3v) is 6.54. The fourth-order valence-corrected chi connectivity index (χ4v) is 4.69. The second-order valence-electron chi connectivity index (χ2n) is 8.74. The Labute approximate surface area is 207 Å². The van der Waals surface area contributed by atoms with Gasteiger partial charge in [0.15, 0.2) is 5.78 Å². The topological polar surface area (TPSA) is 104 Å². The fourth-order valence-electron chi connectivity index (χ4n) is 4.69. The zero-order chi connectivity index (χ0) is 25.2. The highest BCUT2D eigenvalue weighted by Gasteiger charge is 2.27. The van der Waals surface area contributed by atoms with E-state index in [0.29, 0.717) is 23.0 Å². The van der Waals surface area contributed by atoms with Crippen molar-refractivity contribution in [2.24, 2.45) is 7.05 Å². The number of fused-ring (bicyclic) bond motifs is 2. The van der Waals surface area contributed by atoms with Crippen LogP contribution < -0.4 is 10.9 Å². The average Bonchev–Trinajstić information content (AvgIpc) is 2.90. The molecule has 5 rings (SSSR count). The van der Waals surface area contributed by atoms with Crippen molar-refractivity contribution in [3.63, 3.8) is 0 Å². The number of rotatable bonds is 7. The number of para-hydroxylation sites is 1. The molecule has 0 bridgehead atoms. The number of phenols is 1. The van der Waals surface area contributed by atoms with Crippen LogP contribution in [0.4, 0.5) is 0 Å². The number of phenolic OH excluding ortho intramolecular Hbond substituents is 1. The van der Waals surface area contributed by atoms with Crippen molar-refractivity contribution in [2.75, 3.05) is 0 Å². The van der Waals surface area contributed by atoms with Crippen molar-refractivity contribution in [1.82, 2.24) is 14.9 Å². The molecule has 0 saturated heterocycles. The van der Waals surface area contributed by atoms with Crippen LogP contribution in [-0.2, 0) is 13.6 Å². The van der Waals surface area contributed by atoms with E-state index in [-0.39, 0.29) is 23.5 Å². The lowest BCUT2D eigenvalue weighted by Crippen LogP contribution is -2.29. The number of Topliss-reactive ketones (excluding diaryl/α,β-unsaturated/α-hetero) is 1. The Kier molecular flexibility index (Phi) is 6.23. The van der Waals surface area contributed by atoms with Crippen molar-refractivity contribution in [1.29, 1.82) is 0 Å². The number of hydrogen-bond donors (Lipinski definition) is 3. The summed E-state index contributed by atoms with van der Waals surface area (Å²) in [5, 5.41) is 27.3. The molecule has 0 spiro atoms. The summed E-state index contributed by atoms with van der Waals surface area (Å²) in [6, 6.07) is 21.0. The first kappa shape index (κ1) is 23.3. The summed E-state index contributed by atoms with van der Waals surface area (Å²) < 4.78 is 1.37. The van der Waals surface area contributed by atoms with Gasteiger partial charge in [-0.05, 0) is 46.7 Å². The number of nitrogens with zero attached hydrogens (tertiary/aromatic N) is 2. The van der Waals surface area contributed by atoms with Gasteiger partial charge in [-0.15, -0.1) is 0 Å². The molecule has 2 heterocycles. The number of ketones is 1. The minimum Gasteiger partial charge on any atom is -0.508 e. The van der Waals surface area contributed by atoms with E-state index in [0.717, 1.165) is 16.3 Å². The quantitative estimate of drug-likeness (QED) is 0.295. The normalized spacial score (nSPS) is 12.1. The van der Waals surface area contributed by atoms with Crippen LogP contribution in [0.3, 0.4) is 0 Å². The highest BCUT2D eigenvalue weighted by atomic mass is 16.3. The SMILES string of the molecule is Cn1c(=O)c(C(=O)C[C@@H](NCc2ccncc2)c2c(O)ccc3ccccc23)c(O)c2ccccc21. The van der Waals surface area contributed by atoms with E-state index < -0.39 is 17.4 Å². The van der Waals surface area contributed by atoms with Crippen LogP contribution in [0.25, 0.3) is 21.7 Å². The minimum absolute atomic E-state index is 0.0457. The smallest absolute Gasteiger partial charge is 0.265 e. The van der Waals surface area contributed by atoms with E-state index >= 15 is 0 Å². The van der Waals surface area contributed by atoms with Gasteiger partial charge in [0.05, 0.1) is 5.52 Å². The van der Waals surface area contributed by atoms with Crippen LogP contribution in [0.5, 0.6) is 11.5 Å². The Balaban J connectivity index is 1.59. The first-order valence-electron chi connectivity index (χ1n) is 11.6. The van der Waals surface area contributed by atoms with E-state index in [9.17, 15) is 19.8 Å². The first-order chi connectivity index (χ1) is 17.5. The molecule has 7 heteroatoms. The van der Waals surface area contributed by atoms with E-state index in [1.54, 1.807) is 49.8 Å². The van der Waals surface area contributed by atoms with Gasteiger partial charge in [-0.3, -0.25) is 14.6 Å². The molecule has 0 aliphatic heterocycles. The molecule has 1 atom stereocenters. The van der Waals surface area contributed by atoms with Gasteiger partial charge in [0.1, 0.15) is 17.1 Å². The maximum atomic E-state index is 13.6. The fraction of sp³-hybridized carbons (Fsp3) is 0.138. The van der Waals surface area contributed by atoms with Crippen LogP contribution in [0, 0.1) is 0 Å². The molecular weight excluding hydrogens is 454 g/mol. The van der Waals surface area contributed by atoms with Gasteiger partial charge in [0, 0.05) is 49.4 Å². The van der Waals surface area contributed by atoms with Gasteiger partial charge < -0.3 is 20.1 Å². The van der Waals surface area contributed by atoms with Crippen molar-refractivity contribution >= 4 is 27.5 Å². The maximum absolute atomic E-state index is 13.6. The highest BCUT2D eigenvalue weighted by Crippen LogP contribution is 2.36. The molecule has 3 aromatic carbocycles. The zero-order valence-corrected chi connectivity index (χ0v) is 19.7. The summed E-state index contributed by atoms with van der Waals surface area (Å²) in [4.78, 5) is 30.8. The van der Waals surface area contributed by atoms with Gasteiger partial charge in [-0.25, -0.2) is 0 Å². The molecule has 36 heavy (non-hydrogen) atoms. The third-order valence-electron chi connectivity index (χ3n) is 6.54. The van der Waals surface area contributed by atoms with Crippen LogP contribution in [-0.4, -0.2) is 25.5 Å². The van der Waals surface area contributed by atoms with Gasteiger partial charge in [0.2, 0.25) is 0 Å². The molecule has 3 N–H and O–H groups in total. The number of aromatic nitrogens is 2. The van der Waals surface area contributed by atoms with Crippen LogP contribution in [0.2, 0.25) is 0 Å². The molecule has 7 nitrogen and oxygen atoms in total. The van der Waals surface area contributed by atoms with Gasteiger partial charge >= 0.3 is 0 Å². The molecule has 0 aliphatic carbocycles. The average molecular weight is 480 g/mol. The number of hydrogen-bond acceptors (Lipinski definition) is 6. The Bertz CT molecular complexity index is 1640. The van der Waals surface area contributed by atoms with E-state index in [4.69, 9.17) is 0 Å². The zero-order valence-electron chi connectivity index (χ0n) is 19.7. The summed E-state index contributed by atoms with van der Waals surface area (Å²) in [6.07, 6.45) is 3.22. The first-order valence-corrected chi connectivity index (χ1v) is 11.6. The molecule has 0 aliphatic rings. The van der Waals surface area contributed by atoms with E-state index in [1.807, 2.05) is 42.5 Å². The number of aryl methyl sites for hydroxylation is 1. The van der Waals surface area contributed by atoms with Gasteiger partial charge in [-0.1, -0.05) is 42.5 Å². The summed E-state index contributed by atoms with van der Waals surface area (Å²) in [6.45, 7) is 0.408. The number of aromatic hydroxyl groups is 2. The lowest BCUT2D eigenvalue weighted by atomic mass is 9.92. The van der Waals surface area contributed by atoms with Gasteiger partial charge in [-0.2, -0.15) is 0 Å².